The monoisotopic (exact) mass is 294 g/mol. The summed E-state index contributed by atoms with van der Waals surface area (Å²) in [6, 6.07) is 4.35. The molecular weight excluding hydrogens is 276 g/mol. The second kappa shape index (κ2) is 9.49. The van der Waals surface area contributed by atoms with Gasteiger partial charge in [0.05, 0.1) is 6.20 Å². The van der Waals surface area contributed by atoms with Crippen LogP contribution in [0.15, 0.2) is 36.7 Å². The van der Waals surface area contributed by atoms with Crippen molar-refractivity contribution < 1.29 is 24.5 Å². The van der Waals surface area contributed by atoms with E-state index in [-0.39, 0.29) is 0 Å². The number of nitrogens with one attached hydrogen (secondary N) is 1. The van der Waals surface area contributed by atoms with Gasteiger partial charge in [-0.3, -0.25) is 4.98 Å². The van der Waals surface area contributed by atoms with Crippen molar-refractivity contribution in [1.29, 1.82) is 0 Å². The summed E-state index contributed by atoms with van der Waals surface area (Å²) in [7, 11) is 0. The Bertz CT molecular complexity index is 454. The molecule has 0 amide bonds. The summed E-state index contributed by atoms with van der Waals surface area (Å²) in [6.45, 7) is 1.88. The molecule has 7 heteroatoms. The molecule has 2 heterocycles. The molecule has 1 atom stereocenters. The molecule has 1 aromatic rings. The molecule has 3 N–H and O–H groups in total. The molecule has 114 valence electrons. The molecule has 0 radical (unpaired) electrons. The van der Waals surface area contributed by atoms with E-state index in [4.69, 9.17) is 14.9 Å². The maximum absolute atomic E-state index is 9.55. The highest BCUT2D eigenvalue weighted by Crippen LogP contribution is 2.10. The number of hydrogen-bond donors (Lipinski definition) is 3. The largest absolute Gasteiger partial charge is 0.490 e. The van der Waals surface area contributed by atoms with Crippen LogP contribution in [-0.2, 0) is 9.59 Å². The van der Waals surface area contributed by atoms with Crippen LogP contribution in [-0.4, -0.2) is 46.3 Å². The van der Waals surface area contributed by atoms with Crippen molar-refractivity contribution >= 4 is 11.9 Å². The molecule has 1 aliphatic rings. The quantitative estimate of drug-likeness (QED) is 0.693. The minimum atomic E-state index is -1.26. The number of carboxylic acids is 2. The molecule has 0 spiro atoms. The van der Waals surface area contributed by atoms with Crippen LogP contribution < -0.4 is 10.1 Å². The van der Waals surface area contributed by atoms with Crippen molar-refractivity contribution in [3.8, 4) is 5.75 Å². The molecule has 0 bridgehead atoms. The average Bonchev–Trinajstić information content (AvgIpc) is 2.98. The highest BCUT2D eigenvalue weighted by molar-refractivity contribution is 5.89. The molecule has 2 rings (SSSR count). The Labute approximate surface area is 122 Å². The second-order valence-corrected chi connectivity index (χ2v) is 4.30. The molecule has 1 aliphatic heterocycles. The summed E-state index contributed by atoms with van der Waals surface area (Å²) < 4.78 is 5.56. The lowest BCUT2D eigenvalue weighted by Crippen LogP contribution is -2.28. The molecule has 0 unspecified atom stereocenters. The van der Waals surface area contributed by atoms with Crippen LogP contribution in [0.1, 0.15) is 12.8 Å². The molecule has 1 aromatic heterocycles. The lowest BCUT2D eigenvalue weighted by molar-refractivity contribution is -0.134. The van der Waals surface area contributed by atoms with Crippen LogP contribution in [0, 0.1) is 0 Å². The summed E-state index contributed by atoms with van der Waals surface area (Å²) in [6.07, 6.45) is 7.10. The zero-order valence-electron chi connectivity index (χ0n) is 11.4. The van der Waals surface area contributed by atoms with Crippen molar-refractivity contribution in [1.82, 2.24) is 10.3 Å². The first kappa shape index (κ1) is 16.6. The number of aliphatic carboxylic acids is 2. The molecule has 1 fully saturated rings. The van der Waals surface area contributed by atoms with Gasteiger partial charge < -0.3 is 20.3 Å². The van der Waals surface area contributed by atoms with E-state index in [2.05, 4.69) is 10.3 Å². The first-order valence-corrected chi connectivity index (χ1v) is 6.48. The van der Waals surface area contributed by atoms with Gasteiger partial charge in [-0.05, 0) is 31.5 Å². The van der Waals surface area contributed by atoms with Crippen molar-refractivity contribution in [2.45, 2.75) is 18.9 Å². The molecular formula is C14H18N2O5. The third-order valence-electron chi connectivity index (χ3n) is 2.62. The van der Waals surface area contributed by atoms with E-state index in [0.29, 0.717) is 18.2 Å². The third-order valence-corrected chi connectivity index (χ3v) is 2.62. The maximum atomic E-state index is 9.55. The number of aromatic nitrogens is 1. The number of ether oxygens (including phenoxy) is 1. The van der Waals surface area contributed by atoms with E-state index in [1.165, 1.54) is 12.8 Å². The molecule has 0 saturated carbocycles. The van der Waals surface area contributed by atoms with Gasteiger partial charge >= 0.3 is 11.9 Å². The van der Waals surface area contributed by atoms with Gasteiger partial charge in [-0.2, -0.15) is 0 Å². The number of pyridine rings is 1. The van der Waals surface area contributed by atoms with Crippen LogP contribution in [0.5, 0.6) is 5.75 Å². The fraction of sp³-hybridized carbons (Fsp3) is 0.357. The highest BCUT2D eigenvalue weighted by atomic mass is 16.5. The summed E-state index contributed by atoms with van der Waals surface area (Å²) >= 11 is 0. The number of carbonyl (C=O) groups is 2. The minimum absolute atomic E-state index is 0.528. The zero-order valence-corrected chi connectivity index (χ0v) is 11.4. The average molecular weight is 294 g/mol. The van der Waals surface area contributed by atoms with E-state index in [0.717, 1.165) is 18.9 Å². The van der Waals surface area contributed by atoms with Crippen LogP contribution in [0.4, 0.5) is 0 Å². The number of rotatable bonds is 5. The summed E-state index contributed by atoms with van der Waals surface area (Å²) in [5.74, 6) is -1.66. The molecule has 21 heavy (non-hydrogen) atoms. The van der Waals surface area contributed by atoms with Crippen molar-refractivity contribution in [3.63, 3.8) is 0 Å². The smallest absolute Gasteiger partial charge is 0.328 e. The van der Waals surface area contributed by atoms with Gasteiger partial charge in [-0.15, -0.1) is 0 Å². The van der Waals surface area contributed by atoms with Crippen LogP contribution in [0.2, 0.25) is 0 Å². The minimum Gasteiger partial charge on any atom is -0.490 e. The van der Waals surface area contributed by atoms with Gasteiger partial charge in [0.25, 0.3) is 0 Å². The maximum Gasteiger partial charge on any atom is 0.328 e. The first-order valence-electron chi connectivity index (χ1n) is 6.48. The first-order chi connectivity index (χ1) is 10.1. The highest BCUT2D eigenvalue weighted by Gasteiger charge is 2.13. The Balaban J connectivity index is 0.000000240. The molecule has 7 nitrogen and oxygen atoms in total. The molecule has 1 saturated heterocycles. The van der Waals surface area contributed by atoms with Gasteiger partial charge in [0, 0.05) is 24.4 Å². The zero-order chi connectivity index (χ0) is 15.5. The number of hydrogen-bond acceptors (Lipinski definition) is 5. The van der Waals surface area contributed by atoms with Crippen molar-refractivity contribution in [3.05, 3.63) is 36.7 Å². The fourth-order valence-electron chi connectivity index (χ4n) is 1.67. The van der Waals surface area contributed by atoms with Crippen molar-refractivity contribution in [2.75, 3.05) is 13.2 Å². The summed E-state index contributed by atoms with van der Waals surface area (Å²) in [5, 5.41) is 19.0. The van der Waals surface area contributed by atoms with Crippen LogP contribution in [0.3, 0.4) is 0 Å². The summed E-state index contributed by atoms with van der Waals surface area (Å²) in [5.41, 5.74) is 0. The normalized spacial score (nSPS) is 17.0. The van der Waals surface area contributed by atoms with Gasteiger partial charge in [-0.1, -0.05) is 0 Å². The van der Waals surface area contributed by atoms with Crippen molar-refractivity contribution in [2.24, 2.45) is 0 Å². The van der Waals surface area contributed by atoms with Gasteiger partial charge in [0.15, 0.2) is 0 Å². The third kappa shape index (κ3) is 8.38. The van der Waals surface area contributed by atoms with E-state index in [9.17, 15) is 9.59 Å². The Kier molecular flexibility index (Phi) is 7.52. The van der Waals surface area contributed by atoms with Gasteiger partial charge in [0.1, 0.15) is 12.4 Å². The lowest BCUT2D eigenvalue weighted by atomic mass is 10.2. The SMILES string of the molecule is O=C(O)C=CC(=O)O.c1cncc(OC[C@H]2CCCN2)c1. The van der Waals surface area contributed by atoms with E-state index < -0.39 is 11.9 Å². The van der Waals surface area contributed by atoms with E-state index >= 15 is 0 Å². The van der Waals surface area contributed by atoms with Gasteiger partial charge in [-0.25, -0.2) is 9.59 Å². The standard InChI is InChI=1S/C10H14N2O.C4H4O4/c1-3-9(12-6-1)8-13-10-4-2-5-11-7-10;5-3(6)1-2-4(7)8/h2,4-5,7,9,12H,1,3,6,8H2;1-2H,(H,5,6)(H,7,8)/t9-;/m1./s1. The van der Waals surface area contributed by atoms with Gasteiger partial charge in [0.2, 0.25) is 0 Å². The Morgan fingerprint density at radius 2 is 2.10 bits per heavy atom. The van der Waals surface area contributed by atoms with E-state index in [1.54, 1.807) is 12.4 Å². The van der Waals surface area contributed by atoms with E-state index in [1.807, 2.05) is 12.1 Å². The number of carboxylic acid groups (broad SMARTS) is 2. The predicted molar refractivity (Wildman–Crippen MR) is 75.2 cm³/mol. The van der Waals surface area contributed by atoms with Crippen LogP contribution in [0.25, 0.3) is 0 Å². The Morgan fingerprint density at radius 3 is 2.57 bits per heavy atom. The molecule has 0 aromatic carbocycles. The van der Waals surface area contributed by atoms with Crippen LogP contribution >= 0.6 is 0 Å². The second-order valence-electron chi connectivity index (χ2n) is 4.30. The topological polar surface area (TPSA) is 109 Å². The predicted octanol–water partition coefficient (Wildman–Crippen LogP) is 0.924. The number of nitrogens with zero attached hydrogens (tertiary/aromatic N) is 1. The fourth-order valence-corrected chi connectivity index (χ4v) is 1.67. The Morgan fingerprint density at radius 1 is 1.38 bits per heavy atom. The molecule has 0 aliphatic carbocycles. The lowest BCUT2D eigenvalue weighted by Gasteiger charge is -2.11. The Hall–Kier alpha value is -2.41. The summed E-state index contributed by atoms with van der Waals surface area (Å²) in [4.78, 5) is 23.1.